The molecule has 0 spiro atoms. The molecule has 2 aliphatic rings. The van der Waals surface area contributed by atoms with Crippen LogP contribution in [0.25, 0.3) is 0 Å². The van der Waals surface area contributed by atoms with Gasteiger partial charge in [0.2, 0.25) is 11.8 Å². The molecule has 102 valence electrons. The van der Waals surface area contributed by atoms with Gasteiger partial charge in [-0.2, -0.15) is 0 Å². The Morgan fingerprint density at radius 3 is 2.61 bits per heavy atom. The van der Waals surface area contributed by atoms with Crippen LogP contribution in [0.5, 0.6) is 0 Å². The molecular formula is C13H22N2O3. The number of methoxy groups -OCH3 is 1. The van der Waals surface area contributed by atoms with Gasteiger partial charge in [0, 0.05) is 13.2 Å². The second-order valence-corrected chi connectivity index (χ2v) is 5.53. The van der Waals surface area contributed by atoms with E-state index in [-0.39, 0.29) is 42.5 Å². The number of amides is 2. The van der Waals surface area contributed by atoms with E-state index < -0.39 is 0 Å². The Kier molecular flexibility index (Phi) is 3.90. The summed E-state index contributed by atoms with van der Waals surface area (Å²) >= 11 is 0. The monoisotopic (exact) mass is 254 g/mol. The minimum absolute atomic E-state index is 0.0227. The van der Waals surface area contributed by atoms with Crippen molar-refractivity contribution in [1.82, 2.24) is 10.2 Å². The van der Waals surface area contributed by atoms with Gasteiger partial charge in [0.15, 0.2) is 0 Å². The van der Waals surface area contributed by atoms with E-state index in [1.165, 1.54) is 0 Å². The maximum atomic E-state index is 12.1. The summed E-state index contributed by atoms with van der Waals surface area (Å²) in [7, 11) is 1.71. The number of nitrogens with one attached hydrogen (secondary N) is 1. The van der Waals surface area contributed by atoms with Crippen LogP contribution in [0.15, 0.2) is 0 Å². The Morgan fingerprint density at radius 2 is 2.06 bits per heavy atom. The molecule has 0 aromatic rings. The molecule has 1 aliphatic heterocycles. The summed E-state index contributed by atoms with van der Waals surface area (Å²) in [4.78, 5) is 25.9. The molecule has 5 nitrogen and oxygen atoms in total. The van der Waals surface area contributed by atoms with Gasteiger partial charge in [-0.15, -0.1) is 0 Å². The lowest BCUT2D eigenvalue weighted by Gasteiger charge is -2.41. The van der Waals surface area contributed by atoms with E-state index in [1.807, 2.05) is 18.7 Å². The standard InChI is InChI=1S/C13H22N2O3/c1-8(2)12-13(17)14-7-11(16)15(12)9-4-5-10(6-9)18-3/h8-10,12H,4-7H2,1-3H3,(H,14,17). The largest absolute Gasteiger partial charge is 0.381 e. The van der Waals surface area contributed by atoms with Gasteiger partial charge in [-0.1, -0.05) is 13.8 Å². The van der Waals surface area contributed by atoms with Gasteiger partial charge in [-0.3, -0.25) is 9.59 Å². The lowest BCUT2D eigenvalue weighted by Crippen LogP contribution is -2.62. The van der Waals surface area contributed by atoms with E-state index in [2.05, 4.69) is 5.32 Å². The zero-order valence-corrected chi connectivity index (χ0v) is 11.3. The summed E-state index contributed by atoms with van der Waals surface area (Å²) < 4.78 is 5.35. The molecule has 1 saturated heterocycles. The Labute approximate surface area is 108 Å². The van der Waals surface area contributed by atoms with E-state index in [0.29, 0.717) is 0 Å². The molecule has 3 atom stereocenters. The lowest BCUT2D eigenvalue weighted by molar-refractivity contribution is -0.150. The van der Waals surface area contributed by atoms with Crippen molar-refractivity contribution in [1.29, 1.82) is 0 Å². The SMILES string of the molecule is COC1CCC(N2C(=O)CNC(=O)C2C(C)C)C1. The Morgan fingerprint density at radius 1 is 1.33 bits per heavy atom. The zero-order valence-electron chi connectivity index (χ0n) is 11.3. The zero-order chi connectivity index (χ0) is 13.3. The van der Waals surface area contributed by atoms with Crippen molar-refractivity contribution in [3.05, 3.63) is 0 Å². The fourth-order valence-corrected chi connectivity index (χ4v) is 3.08. The number of hydrogen-bond acceptors (Lipinski definition) is 3. The first-order chi connectivity index (χ1) is 8.54. The smallest absolute Gasteiger partial charge is 0.243 e. The minimum atomic E-state index is -0.327. The summed E-state index contributed by atoms with van der Waals surface area (Å²) in [5.41, 5.74) is 0. The highest BCUT2D eigenvalue weighted by Crippen LogP contribution is 2.30. The predicted octanol–water partition coefficient (Wildman–Crippen LogP) is 0.537. The van der Waals surface area contributed by atoms with Crippen LogP contribution in [0.2, 0.25) is 0 Å². The van der Waals surface area contributed by atoms with Crippen LogP contribution < -0.4 is 5.32 Å². The number of carbonyl (C=O) groups excluding carboxylic acids is 2. The van der Waals surface area contributed by atoms with Crippen molar-refractivity contribution < 1.29 is 14.3 Å². The van der Waals surface area contributed by atoms with Crippen LogP contribution in [-0.2, 0) is 14.3 Å². The third-order valence-corrected chi connectivity index (χ3v) is 3.99. The molecule has 2 amide bonds. The summed E-state index contributed by atoms with van der Waals surface area (Å²) in [6.07, 6.45) is 2.97. The van der Waals surface area contributed by atoms with Crippen molar-refractivity contribution >= 4 is 11.8 Å². The third-order valence-electron chi connectivity index (χ3n) is 3.99. The van der Waals surface area contributed by atoms with E-state index in [9.17, 15) is 9.59 Å². The maximum absolute atomic E-state index is 12.1. The first-order valence-electron chi connectivity index (χ1n) is 6.66. The van der Waals surface area contributed by atoms with Crippen LogP contribution in [0.1, 0.15) is 33.1 Å². The summed E-state index contributed by atoms with van der Waals surface area (Å²) in [6, 6.07) is -0.173. The van der Waals surface area contributed by atoms with Crippen molar-refractivity contribution in [2.75, 3.05) is 13.7 Å². The molecule has 1 heterocycles. The highest BCUT2D eigenvalue weighted by Gasteiger charge is 2.42. The molecule has 0 bridgehead atoms. The molecule has 0 aromatic carbocycles. The number of rotatable bonds is 3. The molecule has 3 unspecified atom stereocenters. The van der Waals surface area contributed by atoms with Gasteiger partial charge < -0.3 is 15.0 Å². The second-order valence-electron chi connectivity index (χ2n) is 5.53. The van der Waals surface area contributed by atoms with Gasteiger partial charge in [0.05, 0.1) is 12.6 Å². The van der Waals surface area contributed by atoms with E-state index in [1.54, 1.807) is 7.11 Å². The van der Waals surface area contributed by atoms with Crippen LogP contribution in [0.3, 0.4) is 0 Å². The average molecular weight is 254 g/mol. The molecule has 0 aromatic heterocycles. The topological polar surface area (TPSA) is 58.6 Å². The first kappa shape index (κ1) is 13.3. The van der Waals surface area contributed by atoms with E-state index in [0.717, 1.165) is 19.3 Å². The molecule has 1 aliphatic carbocycles. The van der Waals surface area contributed by atoms with E-state index >= 15 is 0 Å². The van der Waals surface area contributed by atoms with Crippen LogP contribution in [0, 0.1) is 5.92 Å². The van der Waals surface area contributed by atoms with Crippen molar-refractivity contribution in [2.45, 2.75) is 51.3 Å². The molecule has 18 heavy (non-hydrogen) atoms. The maximum Gasteiger partial charge on any atom is 0.243 e. The second kappa shape index (κ2) is 5.26. The molecule has 1 N–H and O–H groups in total. The predicted molar refractivity (Wildman–Crippen MR) is 66.9 cm³/mol. The minimum Gasteiger partial charge on any atom is -0.381 e. The van der Waals surface area contributed by atoms with Gasteiger partial charge in [0.1, 0.15) is 6.04 Å². The normalized spacial score (nSPS) is 33.1. The number of carbonyl (C=O) groups is 2. The van der Waals surface area contributed by atoms with Crippen molar-refractivity contribution in [3.8, 4) is 0 Å². The van der Waals surface area contributed by atoms with Gasteiger partial charge in [0.25, 0.3) is 0 Å². The van der Waals surface area contributed by atoms with Crippen molar-refractivity contribution in [3.63, 3.8) is 0 Å². The highest BCUT2D eigenvalue weighted by molar-refractivity contribution is 5.95. The summed E-state index contributed by atoms with van der Waals surface area (Å²) in [5, 5.41) is 2.68. The third kappa shape index (κ3) is 2.36. The molecule has 0 radical (unpaired) electrons. The Bertz CT molecular complexity index is 343. The number of ether oxygens (including phenoxy) is 1. The molecule has 1 saturated carbocycles. The number of hydrogen-bond donors (Lipinski definition) is 1. The first-order valence-corrected chi connectivity index (χ1v) is 6.66. The van der Waals surface area contributed by atoms with Crippen LogP contribution in [-0.4, -0.2) is 48.6 Å². The fourth-order valence-electron chi connectivity index (χ4n) is 3.08. The average Bonchev–Trinajstić information content (AvgIpc) is 2.79. The lowest BCUT2D eigenvalue weighted by atomic mass is 9.97. The fraction of sp³-hybridized carbons (Fsp3) is 0.846. The van der Waals surface area contributed by atoms with E-state index in [4.69, 9.17) is 4.74 Å². The molecule has 2 rings (SSSR count). The molecular weight excluding hydrogens is 232 g/mol. The van der Waals surface area contributed by atoms with Gasteiger partial charge >= 0.3 is 0 Å². The van der Waals surface area contributed by atoms with Gasteiger partial charge in [-0.25, -0.2) is 0 Å². The summed E-state index contributed by atoms with van der Waals surface area (Å²) in [6.45, 7) is 4.10. The van der Waals surface area contributed by atoms with Gasteiger partial charge in [-0.05, 0) is 25.2 Å². The number of nitrogens with zero attached hydrogens (tertiary/aromatic N) is 1. The molecule has 5 heteroatoms. The Hall–Kier alpha value is -1.10. The Balaban J connectivity index is 2.16. The quantitative estimate of drug-likeness (QED) is 0.799. The summed E-state index contributed by atoms with van der Waals surface area (Å²) in [5.74, 6) is 0.149. The highest BCUT2D eigenvalue weighted by atomic mass is 16.5. The van der Waals surface area contributed by atoms with Crippen molar-refractivity contribution in [2.24, 2.45) is 5.92 Å². The molecule has 2 fully saturated rings. The number of piperazine rings is 1. The van der Waals surface area contributed by atoms with Crippen LogP contribution >= 0.6 is 0 Å². The van der Waals surface area contributed by atoms with Crippen LogP contribution in [0.4, 0.5) is 0 Å².